The lowest BCUT2D eigenvalue weighted by Crippen LogP contribution is -2.43. The van der Waals surface area contributed by atoms with Crippen molar-refractivity contribution in [3.63, 3.8) is 0 Å². The van der Waals surface area contributed by atoms with E-state index in [4.69, 9.17) is 4.74 Å². The molecule has 0 radical (unpaired) electrons. The van der Waals surface area contributed by atoms with Gasteiger partial charge >= 0.3 is 6.09 Å². The maximum Gasteiger partial charge on any atom is 0.410 e. The quantitative estimate of drug-likeness (QED) is 0.693. The molecule has 0 aromatic rings. The lowest BCUT2D eigenvalue weighted by Gasteiger charge is -2.34. The molecule has 2 rings (SSSR count). The second kappa shape index (κ2) is 4.14. The minimum absolute atomic E-state index is 0.0999. The molecule has 1 amide bonds. The SMILES string of the molecule is CC(C)(C)OC(=O)N1CCC2(CC1)CC2C(=O)[O-]. The van der Waals surface area contributed by atoms with Crippen LogP contribution in [0.1, 0.15) is 40.0 Å². The molecular formula is C13H20NO4-. The second-order valence-corrected chi connectivity index (χ2v) is 6.41. The van der Waals surface area contributed by atoms with Crippen molar-refractivity contribution in [2.75, 3.05) is 13.1 Å². The van der Waals surface area contributed by atoms with Crippen LogP contribution in [0.25, 0.3) is 0 Å². The fraction of sp³-hybridized carbons (Fsp3) is 0.846. The van der Waals surface area contributed by atoms with Crippen LogP contribution in [-0.2, 0) is 9.53 Å². The van der Waals surface area contributed by atoms with Crippen molar-refractivity contribution in [1.29, 1.82) is 0 Å². The zero-order valence-electron chi connectivity index (χ0n) is 11.2. The van der Waals surface area contributed by atoms with Gasteiger partial charge in [0.05, 0.1) is 0 Å². The highest BCUT2D eigenvalue weighted by molar-refractivity contribution is 5.73. The zero-order chi connectivity index (χ0) is 13.6. The second-order valence-electron chi connectivity index (χ2n) is 6.41. The summed E-state index contributed by atoms with van der Waals surface area (Å²) in [5.41, 5.74) is -0.587. The van der Waals surface area contributed by atoms with Crippen molar-refractivity contribution >= 4 is 12.1 Å². The number of hydrogen-bond acceptors (Lipinski definition) is 4. The number of likely N-dealkylation sites (tertiary alicyclic amines) is 1. The summed E-state index contributed by atoms with van der Waals surface area (Å²) in [6, 6.07) is 0. The molecule has 1 heterocycles. The average Bonchev–Trinajstić information content (AvgIpc) is 2.91. The molecule has 102 valence electrons. The number of carboxylic acids is 1. The van der Waals surface area contributed by atoms with Gasteiger partial charge < -0.3 is 19.5 Å². The molecule has 1 unspecified atom stereocenters. The zero-order valence-corrected chi connectivity index (χ0v) is 11.2. The Hall–Kier alpha value is -1.26. The predicted octanol–water partition coefficient (Wildman–Crippen LogP) is 0.773. The highest BCUT2D eigenvalue weighted by Crippen LogP contribution is 2.59. The molecule has 1 saturated heterocycles. The van der Waals surface area contributed by atoms with Crippen molar-refractivity contribution in [3.8, 4) is 0 Å². The normalized spacial score (nSPS) is 25.9. The Labute approximate surface area is 107 Å². The molecule has 2 fully saturated rings. The van der Waals surface area contributed by atoms with Crippen LogP contribution < -0.4 is 5.11 Å². The van der Waals surface area contributed by atoms with Crippen LogP contribution in [0.5, 0.6) is 0 Å². The Morgan fingerprint density at radius 3 is 2.22 bits per heavy atom. The van der Waals surface area contributed by atoms with E-state index in [9.17, 15) is 14.7 Å². The van der Waals surface area contributed by atoms with E-state index in [-0.39, 0.29) is 17.4 Å². The highest BCUT2D eigenvalue weighted by Gasteiger charge is 2.55. The van der Waals surface area contributed by atoms with Crippen LogP contribution in [0.4, 0.5) is 4.79 Å². The molecule has 0 N–H and O–H groups in total. The third-order valence-electron chi connectivity index (χ3n) is 3.89. The van der Waals surface area contributed by atoms with Crippen molar-refractivity contribution in [3.05, 3.63) is 0 Å². The third-order valence-corrected chi connectivity index (χ3v) is 3.89. The average molecular weight is 254 g/mol. The molecule has 0 bridgehead atoms. The number of carboxylic acid groups (broad SMARTS) is 1. The first-order valence-corrected chi connectivity index (χ1v) is 6.42. The van der Waals surface area contributed by atoms with Gasteiger partial charge in [-0.3, -0.25) is 0 Å². The minimum atomic E-state index is -0.944. The fourth-order valence-electron chi connectivity index (χ4n) is 2.69. The number of hydrogen-bond donors (Lipinski definition) is 0. The molecule has 5 nitrogen and oxygen atoms in total. The Morgan fingerprint density at radius 1 is 1.28 bits per heavy atom. The predicted molar refractivity (Wildman–Crippen MR) is 62.6 cm³/mol. The van der Waals surface area contributed by atoms with Crippen LogP contribution in [0.2, 0.25) is 0 Å². The monoisotopic (exact) mass is 254 g/mol. The van der Waals surface area contributed by atoms with E-state index in [2.05, 4.69) is 0 Å². The molecule has 0 aromatic carbocycles. The van der Waals surface area contributed by atoms with Crippen LogP contribution in [0.3, 0.4) is 0 Å². The van der Waals surface area contributed by atoms with E-state index in [0.717, 1.165) is 12.8 Å². The summed E-state index contributed by atoms with van der Waals surface area (Å²) in [5.74, 6) is -1.25. The number of amides is 1. The topological polar surface area (TPSA) is 69.7 Å². The van der Waals surface area contributed by atoms with Gasteiger partial charge in [0.15, 0.2) is 0 Å². The third kappa shape index (κ3) is 2.60. The van der Waals surface area contributed by atoms with E-state index in [0.29, 0.717) is 19.5 Å². The maximum absolute atomic E-state index is 11.8. The molecule has 0 aromatic heterocycles. The van der Waals surface area contributed by atoms with E-state index in [1.165, 1.54) is 0 Å². The van der Waals surface area contributed by atoms with E-state index in [1.54, 1.807) is 4.90 Å². The van der Waals surface area contributed by atoms with Crippen molar-refractivity contribution in [1.82, 2.24) is 4.90 Å². The lowest BCUT2D eigenvalue weighted by molar-refractivity contribution is -0.309. The van der Waals surface area contributed by atoms with Gasteiger partial charge in [-0.25, -0.2) is 4.79 Å². The molecular weight excluding hydrogens is 234 g/mol. The van der Waals surface area contributed by atoms with E-state index in [1.807, 2.05) is 20.8 Å². The fourth-order valence-corrected chi connectivity index (χ4v) is 2.69. The summed E-state index contributed by atoms with van der Waals surface area (Å²) >= 11 is 0. The molecule has 1 saturated carbocycles. The molecule has 1 spiro atoms. The van der Waals surface area contributed by atoms with Gasteiger partial charge in [0.2, 0.25) is 0 Å². The number of rotatable bonds is 1. The van der Waals surface area contributed by atoms with Crippen LogP contribution in [0, 0.1) is 11.3 Å². The Balaban J connectivity index is 1.85. The standard InChI is InChI=1S/C13H21NO4/c1-12(2,3)18-11(17)14-6-4-13(5-7-14)8-9(13)10(15)16/h9H,4-8H2,1-3H3,(H,15,16)/p-1. The molecule has 18 heavy (non-hydrogen) atoms. The van der Waals surface area contributed by atoms with Crippen LogP contribution in [0.15, 0.2) is 0 Å². The van der Waals surface area contributed by atoms with Gasteiger partial charge in [-0.15, -0.1) is 0 Å². The molecule has 1 aliphatic heterocycles. The van der Waals surface area contributed by atoms with Crippen molar-refractivity contribution < 1.29 is 19.4 Å². The lowest BCUT2D eigenvalue weighted by atomic mass is 9.91. The Morgan fingerprint density at radius 2 is 1.83 bits per heavy atom. The van der Waals surface area contributed by atoms with Gasteiger partial charge in [0, 0.05) is 25.0 Å². The summed E-state index contributed by atoms with van der Waals surface area (Å²) in [6.45, 7) is 6.67. The van der Waals surface area contributed by atoms with E-state index >= 15 is 0 Å². The number of nitrogens with zero attached hydrogens (tertiary/aromatic N) is 1. The Kier molecular flexibility index (Phi) is 3.03. The molecule has 1 atom stereocenters. The van der Waals surface area contributed by atoms with Gasteiger partial charge in [0.1, 0.15) is 5.60 Å². The number of ether oxygens (including phenoxy) is 1. The summed E-state index contributed by atoms with van der Waals surface area (Å²) in [4.78, 5) is 24.3. The first-order chi connectivity index (χ1) is 8.23. The number of carbonyl (C=O) groups excluding carboxylic acids is 2. The first kappa shape index (κ1) is 13.2. The molecule has 2 aliphatic rings. The van der Waals surface area contributed by atoms with E-state index < -0.39 is 11.6 Å². The smallest absolute Gasteiger partial charge is 0.410 e. The van der Waals surface area contributed by atoms with Gasteiger partial charge in [-0.1, -0.05) is 0 Å². The van der Waals surface area contributed by atoms with Gasteiger partial charge in [-0.2, -0.15) is 0 Å². The summed E-state index contributed by atoms with van der Waals surface area (Å²) < 4.78 is 5.30. The number of aliphatic carboxylic acids is 1. The van der Waals surface area contributed by atoms with Gasteiger partial charge in [-0.05, 0) is 45.4 Å². The van der Waals surface area contributed by atoms with Crippen molar-refractivity contribution in [2.45, 2.75) is 45.6 Å². The first-order valence-electron chi connectivity index (χ1n) is 6.42. The number of carbonyl (C=O) groups is 2. The largest absolute Gasteiger partial charge is 0.550 e. The highest BCUT2D eigenvalue weighted by atomic mass is 16.6. The Bertz CT molecular complexity index is 364. The number of piperidine rings is 1. The summed E-state index contributed by atoms with van der Waals surface area (Å²) in [7, 11) is 0. The van der Waals surface area contributed by atoms with Gasteiger partial charge in [0.25, 0.3) is 0 Å². The molecule has 5 heteroatoms. The van der Waals surface area contributed by atoms with Crippen molar-refractivity contribution in [2.24, 2.45) is 11.3 Å². The maximum atomic E-state index is 11.8. The van der Waals surface area contributed by atoms with Crippen LogP contribution >= 0.6 is 0 Å². The summed E-state index contributed by atoms with van der Waals surface area (Å²) in [5, 5.41) is 10.8. The minimum Gasteiger partial charge on any atom is -0.550 e. The molecule has 1 aliphatic carbocycles. The van der Waals surface area contributed by atoms with Crippen LogP contribution in [-0.4, -0.2) is 35.7 Å². The summed E-state index contributed by atoms with van der Waals surface area (Å²) in [6.07, 6.45) is 1.88.